The second kappa shape index (κ2) is 9.56. The number of anilines is 1. The van der Waals surface area contributed by atoms with Crippen molar-refractivity contribution in [2.24, 2.45) is 0 Å². The van der Waals surface area contributed by atoms with E-state index in [1.807, 2.05) is 18.4 Å². The van der Waals surface area contributed by atoms with E-state index in [9.17, 15) is 9.59 Å². The van der Waals surface area contributed by atoms with Crippen LogP contribution in [0, 0.1) is 0 Å². The van der Waals surface area contributed by atoms with Crippen LogP contribution in [0.4, 0.5) is 5.00 Å². The molecule has 0 saturated heterocycles. The molecule has 0 aromatic carbocycles. The fourth-order valence-electron chi connectivity index (χ4n) is 3.45. The molecule has 2 heterocycles. The lowest BCUT2D eigenvalue weighted by atomic mass is 10.1. The molecule has 2 aromatic rings. The smallest absolute Gasteiger partial charge is 0.341 e. The predicted molar refractivity (Wildman–Crippen MR) is 111 cm³/mol. The summed E-state index contributed by atoms with van der Waals surface area (Å²) in [4.78, 5) is 26.1. The van der Waals surface area contributed by atoms with Gasteiger partial charge in [-0.05, 0) is 38.2 Å². The molecular formula is C19H26N4O3S2. The van der Waals surface area contributed by atoms with Crippen molar-refractivity contribution in [1.82, 2.24) is 14.8 Å². The van der Waals surface area contributed by atoms with Gasteiger partial charge < -0.3 is 14.6 Å². The first-order valence-corrected chi connectivity index (χ1v) is 11.5. The molecule has 1 amide bonds. The number of fused-ring (bicyclic) bond motifs is 1. The van der Waals surface area contributed by atoms with Gasteiger partial charge in [-0.1, -0.05) is 25.1 Å². The van der Waals surface area contributed by atoms with Crippen molar-refractivity contribution in [3.8, 4) is 0 Å². The van der Waals surface area contributed by atoms with Crippen LogP contribution in [-0.4, -0.2) is 39.5 Å². The summed E-state index contributed by atoms with van der Waals surface area (Å²) < 4.78 is 7.01. The lowest BCUT2D eigenvalue weighted by Crippen LogP contribution is -2.16. The number of aryl methyl sites for hydroxylation is 2. The Morgan fingerprint density at radius 3 is 2.71 bits per heavy atom. The molecule has 0 fully saturated rings. The lowest BCUT2D eigenvalue weighted by Gasteiger charge is -2.08. The van der Waals surface area contributed by atoms with Crippen LogP contribution in [-0.2, 0) is 35.3 Å². The highest BCUT2D eigenvalue weighted by Crippen LogP contribution is 2.38. The normalized spacial score (nSPS) is 13.7. The van der Waals surface area contributed by atoms with Crippen LogP contribution in [0.5, 0.6) is 0 Å². The number of carbonyl (C=O) groups is 2. The number of hydrogen-bond acceptors (Lipinski definition) is 7. The van der Waals surface area contributed by atoms with E-state index >= 15 is 0 Å². The van der Waals surface area contributed by atoms with Crippen molar-refractivity contribution in [2.45, 2.75) is 64.1 Å². The second-order valence-corrected chi connectivity index (χ2v) is 8.64. The first-order valence-electron chi connectivity index (χ1n) is 9.66. The van der Waals surface area contributed by atoms with Gasteiger partial charge in [0.25, 0.3) is 0 Å². The zero-order valence-electron chi connectivity index (χ0n) is 16.5. The van der Waals surface area contributed by atoms with Gasteiger partial charge in [0, 0.05) is 17.8 Å². The number of thiophene rings is 1. The topological polar surface area (TPSA) is 86.1 Å². The number of carbonyl (C=O) groups excluding carboxylic acids is 2. The molecule has 152 valence electrons. The molecule has 0 atom stereocenters. The maximum Gasteiger partial charge on any atom is 0.341 e. The van der Waals surface area contributed by atoms with Gasteiger partial charge in [-0.25, -0.2) is 4.79 Å². The summed E-state index contributed by atoms with van der Waals surface area (Å²) in [5.41, 5.74) is 1.59. The molecule has 0 aliphatic heterocycles. The Kier molecular flexibility index (Phi) is 7.12. The van der Waals surface area contributed by atoms with E-state index in [1.54, 1.807) is 0 Å². The summed E-state index contributed by atoms with van der Waals surface area (Å²) >= 11 is 2.87. The van der Waals surface area contributed by atoms with Crippen LogP contribution in [0.25, 0.3) is 0 Å². The number of hydrogen-bond donors (Lipinski definition) is 1. The third kappa shape index (κ3) is 4.41. The van der Waals surface area contributed by atoms with Crippen LogP contribution in [0.15, 0.2) is 5.16 Å². The second-order valence-electron chi connectivity index (χ2n) is 6.59. The maximum absolute atomic E-state index is 12.6. The van der Waals surface area contributed by atoms with Crippen LogP contribution >= 0.6 is 23.1 Å². The number of aromatic nitrogens is 3. The van der Waals surface area contributed by atoms with E-state index in [0.717, 1.165) is 61.6 Å². The molecule has 1 N–H and O–H groups in total. The van der Waals surface area contributed by atoms with Crippen LogP contribution < -0.4 is 5.32 Å². The quantitative estimate of drug-likeness (QED) is 0.416. The van der Waals surface area contributed by atoms with Gasteiger partial charge in [-0.2, -0.15) is 0 Å². The van der Waals surface area contributed by atoms with Crippen molar-refractivity contribution < 1.29 is 14.3 Å². The summed E-state index contributed by atoms with van der Waals surface area (Å²) in [7, 11) is 1.38. The van der Waals surface area contributed by atoms with Gasteiger partial charge in [0.2, 0.25) is 5.91 Å². The molecule has 7 nitrogen and oxygen atoms in total. The Hall–Kier alpha value is -1.87. The van der Waals surface area contributed by atoms with Crippen LogP contribution in [0.1, 0.15) is 59.7 Å². The maximum atomic E-state index is 12.6. The lowest BCUT2D eigenvalue weighted by molar-refractivity contribution is -0.113. The number of esters is 1. The van der Waals surface area contributed by atoms with Crippen molar-refractivity contribution in [3.63, 3.8) is 0 Å². The Morgan fingerprint density at radius 1 is 1.21 bits per heavy atom. The highest BCUT2D eigenvalue weighted by atomic mass is 32.2. The fourth-order valence-corrected chi connectivity index (χ4v) is 5.56. The Labute approximate surface area is 173 Å². The summed E-state index contributed by atoms with van der Waals surface area (Å²) in [5, 5.41) is 12.6. The Balaban J connectivity index is 1.73. The first kappa shape index (κ1) is 20.9. The van der Waals surface area contributed by atoms with Crippen molar-refractivity contribution in [1.29, 1.82) is 0 Å². The largest absolute Gasteiger partial charge is 0.465 e. The van der Waals surface area contributed by atoms with Gasteiger partial charge in [0.15, 0.2) is 5.16 Å². The number of rotatable bonds is 7. The van der Waals surface area contributed by atoms with E-state index in [0.29, 0.717) is 10.6 Å². The number of amides is 1. The Bertz CT molecular complexity index is 860. The van der Waals surface area contributed by atoms with Gasteiger partial charge in [0.05, 0.1) is 18.4 Å². The average molecular weight is 423 g/mol. The molecule has 0 radical (unpaired) electrons. The Morgan fingerprint density at radius 2 is 2.00 bits per heavy atom. The van der Waals surface area contributed by atoms with E-state index < -0.39 is 0 Å². The van der Waals surface area contributed by atoms with E-state index in [-0.39, 0.29) is 17.6 Å². The number of methoxy groups -OCH3 is 1. The van der Waals surface area contributed by atoms with Crippen LogP contribution in [0.2, 0.25) is 0 Å². The highest BCUT2D eigenvalue weighted by Gasteiger charge is 2.26. The molecule has 1 aliphatic rings. The van der Waals surface area contributed by atoms with E-state index in [4.69, 9.17) is 4.74 Å². The predicted octanol–water partition coefficient (Wildman–Crippen LogP) is 3.71. The van der Waals surface area contributed by atoms with Gasteiger partial charge in [-0.15, -0.1) is 21.5 Å². The molecular weight excluding hydrogens is 396 g/mol. The van der Waals surface area contributed by atoms with Crippen molar-refractivity contribution >= 4 is 40.0 Å². The highest BCUT2D eigenvalue weighted by molar-refractivity contribution is 7.99. The third-order valence-corrected chi connectivity index (χ3v) is 7.00. The van der Waals surface area contributed by atoms with Gasteiger partial charge in [-0.3, -0.25) is 4.79 Å². The zero-order chi connectivity index (χ0) is 20.1. The average Bonchev–Trinajstić information content (AvgIpc) is 3.17. The van der Waals surface area contributed by atoms with E-state index in [1.165, 1.54) is 35.1 Å². The summed E-state index contributed by atoms with van der Waals surface area (Å²) in [5.74, 6) is 0.599. The summed E-state index contributed by atoms with van der Waals surface area (Å²) in [6, 6.07) is 0. The van der Waals surface area contributed by atoms with Crippen molar-refractivity contribution in [3.05, 3.63) is 21.8 Å². The SMILES string of the molecule is CCc1nnc(SCC(=O)Nc2sc3c(c2C(=O)OC)CCCCC3)n1CC. The molecule has 1 aliphatic carbocycles. The molecule has 0 saturated carbocycles. The van der Waals surface area contributed by atoms with E-state index in [2.05, 4.69) is 15.5 Å². The minimum atomic E-state index is -0.374. The minimum absolute atomic E-state index is 0.157. The third-order valence-electron chi connectivity index (χ3n) is 4.82. The zero-order valence-corrected chi connectivity index (χ0v) is 18.2. The number of nitrogens with one attached hydrogen (secondary N) is 1. The first-order chi connectivity index (χ1) is 13.6. The molecule has 9 heteroatoms. The van der Waals surface area contributed by atoms with Gasteiger partial charge >= 0.3 is 5.97 Å². The van der Waals surface area contributed by atoms with Crippen LogP contribution in [0.3, 0.4) is 0 Å². The van der Waals surface area contributed by atoms with Crippen molar-refractivity contribution in [2.75, 3.05) is 18.2 Å². The monoisotopic (exact) mass is 422 g/mol. The molecule has 28 heavy (non-hydrogen) atoms. The molecule has 3 rings (SSSR count). The molecule has 0 unspecified atom stereocenters. The molecule has 0 spiro atoms. The van der Waals surface area contributed by atoms with Gasteiger partial charge in [0.1, 0.15) is 10.8 Å². The number of ether oxygens (including phenoxy) is 1. The minimum Gasteiger partial charge on any atom is -0.465 e. The number of thioether (sulfide) groups is 1. The standard InChI is InChI=1S/C19H26N4O3S2/c1-4-14-21-22-19(23(14)5-2)27-11-15(24)20-17-16(18(25)26-3)12-9-7-6-8-10-13(12)28-17/h4-11H2,1-3H3,(H,20,24). The fraction of sp³-hybridized carbons (Fsp3) is 0.579. The molecule has 2 aromatic heterocycles. The summed E-state index contributed by atoms with van der Waals surface area (Å²) in [6.45, 7) is 4.84. The summed E-state index contributed by atoms with van der Waals surface area (Å²) in [6.07, 6.45) is 5.95. The number of nitrogens with zero attached hydrogens (tertiary/aromatic N) is 3. The molecule has 0 bridgehead atoms.